The minimum atomic E-state index is -4.05. The molecule has 4 rings (SSSR count). The number of anilines is 1. The van der Waals surface area contributed by atoms with Crippen molar-refractivity contribution >= 4 is 25.7 Å². The number of sulfonamides is 1. The van der Waals surface area contributed by atoms with Crippen LogP contribution in [0.2, 0.25) is 0 Å². The molecule has 0 bridgehead atoms. The third kappa shape index (κ3) is 3.92. The molecule has 3 aromatic rings. The van der Waals surface area contributed by atoms with Crippen LogP contribution in [-0.2, 0) is 19.9 Å². The molecule has 3 heterocycles. The minimum Gasteiger partial charge on any atom is -0.463 e. The van der Waals surface area contributed by atoms with E-state index in [9.17, 15) is 21.2 Å². The lowest BCUT2D eigenvalue weighted by Gasteiger charge is -2.15. The second-order valence-corrected chi connectivity index (χ2v) is 10.8. The van der Waals surface area contributed by atoms with E-state index in [-0.39, 0.29) is 27.8 Å². The molecule has 8 nitrogen and oxygen atoms in total. The number of halogens is 1. The third-order valence-electron chi connectivity index (χ3n) is 4.74. The molecular weight excluding hydrogens is 421 g/mol. The van der Waals surface area contributed by atoms with Crippen LogP contribution >= 0.6 is 0 Å². The summed E-state index contributed by atoms with van der Waals surface area (Å²) in [7, 11) is -7.26. The zero-order chi connectivity index (χ0) is 20.8. The molecule has 2 aromatic heterocycles. The van der Waals surface area contributed by atoms with Gasteiger partial charge in [-0.1, -0.05) is 0 Å². The van der Waals surface area contributed by atoms with Gasteiger partial charge in [0.1, 0.15) is 17.3 Å². The number of hydrogen-bond donors (Lipinski definition) is 1. The summed E-state index contributed by atoms with van der Waals surface area (Å²) in [5, 5.41) is 4.38. The number of nitrogens with one attached hydrogen (secondary N) is 1. The molecule has 1 atom stereocenters. The number of furan rings is 1. The fourth-order valence-corrected chi connectivity index (χ4v) is 6.06. The average Bonchev–Trinajstić information content (AvgIpc) is 3.36. The third-order valence-corrected chi connectivity index (χ3v) is 7.85. The van der Waals surface area contributed by atoms with Gasteiger partial charge in [0.05, 0.1) is 28.7 Å². The van der Waals surface area contributed by atoms with E-state index in [0.717, 1.165) is 6.07 Å². The maximum absolute atomic E-state index is 13.5. The van der Waals surface area contributed by atoms with Crippen molar-refractivity contribution in [3.05, 3.63) is 54.0 Å². The molecule has 1 N–H and O–H groups in total. The van der Waals surface area contributed by atoms with Crippen LogP contribution in [0.5, 0.6) is 0 Å². The first kappa shape index (κ1) is 19.6. The number of nitrogens with zero attached hydrogens (tertiary/aromatic N) is 2. The van der Waals surface area contributed by atoms with E-state index in [1.807, 2.05) is 0 Å². The summed E-state index contributed by atoms with van der Waals surface area (Å²) in [5.41, 5.74) is 0.562. The van der Waals surface area contributed by atoms with Gasteiger partial charge in [-0.25, -0.2) is 25.9 Å². The van der Waals surface area contributed by atoms with Gasteiger partial charge in [0.25, 0.3) is 10.0 Å². The fraction of sp³-hybridized carbons (Fsp3) is 0.278. The van der Waals surface area contributed by atoms with E-state index < -0.39 is 31.7 Å². The molecule has 1 aromatic carbocycles. The van der Waals surface area contributed by atoms with Gasteiger partial charge < -0.3 is 4.42 Å². The van der Waals surface area contributed by atoms with Crippen molar-refractivity contribution < 1.29 is 25.6 Å². The second kappa shape index (κ2) is 6.99. The van der Waals surface area contributed by atoms with Gasteiger partial charge in [-0.3, -0.25) is 4.72 Å². The van der Waals surface area contributed by atoms with E-state index in [0.29, 0.717) is 17.9 Å². The van der Waals surface area contributed by atoms with Crippen molar-refractivity contribution in [1.82, 2.24) is 9.78 Å². The van der Waals surface area contributed by atoms with Gasteiger partial charge in [-0.2, -0.15) is 5.10 Å². The summed E-state index contributed by atoms with van der Waals surface area (Å²) < 4.78 is 72.1. The van der Waals surface area contributed by atoms with Crippen LogP contribution in [0.15, 0.2) is 52.0 Å². The summed E-state index contributed by atoms with van der Waals surface area (Å²) >= 11 is 0. The molecular formula is C18H18FN3O5S2. The summed E-state index contributed by atoms with van der Waals surface area (Å²) in [6.07, 6.45) is 1.78. The molecule has 0 unspecified atom stereocenters. The fourth-order valence-electron chi connectivity index (χ4n) is 3.24. The van der Waals surface area contributed by atoms with Gasteiger partial charge in [-0.15, -0.1) is 0 Å². The minimum absolute atomic E-state index is 0.0109. The Labute approximate surface area is 167 Å². The number of aromatic nitrogens is 2. The second-order valence-electron chi connectivity index (χ2n) is 6.91. The van der Waals surface area contributed by atoms with E-state index in [2.05, 4.69) is 9.82 Å². The van der Waals surface area contributed by atoms with E-state index >= 15 is 0 Å². The lowest BCUT2D eigenvalue weighted by atomic mass is 10.2. The van der Waals surface area contributed by atoms with E-state index in [4.69, 9.17) is 4.42 Å². The lowest BCUT2D eigenvalue weighted by Crippen LogP contribution is -2.20. The largest absolute Gasteiger partial charge is 0.463 e. The van der Waals surface area contributed by atoms with Crippen LogP contribution in [0.3, 0.4) is 0 Å². The van der Waals surface area contributed by atoms with E-state index in [1.165, 1.54) is 36.1 Å². The Bertz CT molecular complexity index is 1260. The van der Waals surface area contributed by atoms with Crippen molar-refractivity contribution in [1.29, 1.82) is 0 Å². The highest BCUT2D eigenvalue weighted by Crippen LogP contribution is 2.31. The maximum atomic E-state index is 13.5. The first-order valence-electron chi connectivity index (χ1n) is 8.77. The Hall–Kier alpha value is -2.66. The van der Waals surface area contributed by atoms with Gasteiger partial charge in [-0.05, 0) is 49.2 Å². The van der Waals surface area contributed by atoms with Crippen LogP contribution in [0.4, 0.5) is 10.2 Å². The Balaban J connectivity index is 1.74. The number of hydrogen-bond acceptors (Lipinski definition) is 6. The molecule has 11 heteroatoms. The van der Waals surface area contributed by atoms with Crippen LogP contribution < -0.4 is 4.72 Å². The van der Waals surface area contributed by atoms with Crippen molar-refractivity contribution in [3.63, 3.8) is 0 Å². The van der Waals surface area contributed by atoms with Crippen LogP contribution in [-0.4, -0.2) is 38.1 Å². The Morgan fingerprint density at radius 3 is 2.69 bits per heavy atom. The molecule has 0 aliphatic carbocycles. The summed E-state index contributed by atoms with van der Waals surface area (Å²) in [4.78, 5) is -0.109. The van der Waals surface area contributed by atoms with Crippen molar-refractivity contribution in [2.45, 2.75) is 24.3 Å². The number of rotatable bonds is 5. The number of aryl methyl sites for hydroxylation is 1. The summed E-state index contributed by atoms with van der Waals surface area (Å²) in [5.74, 6) is -0.0958. The molecule has 154 valence electrons. The summed E-state index contributed by atoms with van der Waals surface area (Å²) in [6.45, 7) is 1.47. The first-order valence-corrected chi connectivity index (χ1v) is 12.1. The number of benzene rings is 1. The maximum Gasteiger partial charge on any atom is 0.263 e. The summed E-state index contributed by atoms with van der Waals surface area (Å²) in [6, 6.07) is 7.79. The molecule has 1 aliphatic rings. The monoisotopic (exact) mass is 439 g/mol. The zero-order valence-electron chi connectivity index (χ0n) is 15.4. The van der Waals surface area contributed by atoms with Crippen molar-refractivity contribution in [2.75, 3.05) is 16.2 Å². The van der Waals surface area contributed by atoms with Crippen LogP contribution in [0.1, 0.15) is 18.0 Å². The first-order chi connectivity index (χ1) is 13.6. The molecule has 29 heavy (non-hydrogen) atoms. The number of sulfone groups is 1. The molecule has 0 saturated carbocycles. The molecule has 0 amide bonds. The smallest absolute Gasteiger partial charge is 0.263 e. The Kier molecular flexibility index (Phi) is 4.74. The van der Waals surface area contributed by atoms with Gasteiger partial charge in [0, 0.05) is 6.07 Å². The normalized spacial score (nSPS) is 18.8. The lowest BCUT2D eigenvalue weighted by molar-refractivity contribution is 0.504. The molecule has 1 fully saturated rings. The van der Waals surface area contributed by atoms with Crippen LogP contribution in [0, 0.1) is 12.7 Å². The van der Waals surface area contributed by atoms with E-state index in [1.54, 1.807) is 12.1 Å². The van der Waals surface area contributed by atoms with Gasteiger partial charge >= 0.3 is 0 Å². The molecule has 1 aliphatic heterocycles. The standard InChI is InChI=1S/C18H18FN3O5S2/c1-12-9-14(4-5-15(12)19)29(25,26)21-18-10-16(17-3-2-7-27-17)20-22(18)13-6-8-28(23,24)11-13/h2-5,7,9-10,13,21H,6,8,11H2,1H3/t13-/m0/s1. The molecule has 1 saturated heterocycles. The Morgan fingerprint density at radius 1 is 1.28 bits per heavy atom. The molecule has 0 spiro atoms. The zero-order valence-corrected chi connectivity index (χ0v) is 17.0. The highest BCUT2D eigenvalue weighted by Gasteiger charge is 2.32. The molecule has 0 radical (unpaired) electrons. The highest BCUT2D eigenvalue weighted by atomic mass is 32.2. The topological polar surface area (TPSA) is 111 Å². The SMILES string of the molecule is Cc1cc(S(=O)(=O)Nc2cc(-c3ccco3)nn2[C@H]2CCS(=O)(=O)C2)ccc1F. The van der Waals surface area contributed by atoms with Crippen molar-refractivity contribution in [3.8, 4) is 11.5 Å². The highest BCUT2D eigenvalue weighted by molar-refractivity contribution is 7.92. The van der Waals surface area contributed by atoms with Crippen LogP contribution in [0.25, 0.3) is 11.5 Å². The Morgan fingerprint density at radius 2 is 2.07 bits per heavy atom. The van der Waals surface area contributed by atoms with Gasteiger partial charge in [0.2, 0.25) is 0 Å². The predicted molar refractivity (Wildman–Crippen MR) is 104 cm³/mol. The van der Waals surface area contributed by atoms with Gasteiger partial charge in [0.15, 0.2) is 15.6 Å². The predicted octanol–water partition coefficient (Wildman–Crippen LogP) is 2.75. The average molecular weight is 439 g/mol. The quantitative estimate of drug-likeness (QED) is 0.654. The van der Waals surface area contributed by atoms with Crippen molar-refractivity contribution in [2.24, 2.45) is 0 Å².